The van der Waals surface area contributed by atoms with Gasteiger partial charge in [0, 0.05) is 18.9 Å². The van der Waals surface area contributed by atoms with Gasteiger partial charge in [-0.25, -0.2) is 10.5 Å². The van der Waals surface area contributed by atoms with Gasteiger partial charge in [-0.3, -0.25) is 10.2 Å². The number of hydrogen-bond donors (Lipinski definition) is 4. The number of nitrogens with two attached hydrogens (primary N) is 1. The molecule has 0 bridgehead atoms. The molecule has 10 nitrogen and oxygen atoms in total. The Morgan fingerprint density at radius 3 is 2.76 bits per heavy atom. The van der Waals surface area contributed by atoms with E-state index in [1.807, 2.05) is 6.92 Å². The van der Waals surface area contributed by atoms with E-state index in [1.165, 1.54) is 4.68 Å². The molecule has 21 heavy (non-hydrogen) atoms. The summed E-state index contributed by atoms with van der Waals surface area (Å²) in [5.41, 5.74) is 2.35. The fraction of sp³-hybridized carbons (Fsp3) is 0.364. The van der Waals surface area contributed by atoms with Crippen LogP contribution in [0.1, 0.15) is 13.8 Å². The summed E-state index contributed by atoms with van der Waals surface area (Å²) < 4.78 is 1.46. The molecule has 0 saturated carbocycles. The number of aromatic nitrogens is 5. The fourth-order valence-electron chi connectivity index (χ4n) is 1.57. The van der Waals surface area contributed by atoms with Crippen molar-refractivity contribution in [3.8, 4) is 5.95 Å². The Hall–Kier alpha value is -2.75. The molecule has 0 aliphatic rings. The highest BCUT2D eigenvalue weighted by Crippen LogP contribution is 2.08. The summed E-state index contributed by atoms with van der Waals surface area (Å²) in [5.74, 6) is 5.87. The topological polar surface area (TPSA) is 136 Å². The van der Waals surface area contributed by atoms with Crippen LogP contribution >= 0.6 is 0 Å². The third-order valence-corrected chi connectivity index (χ3v) is 2.55. The second-order valence-electron chi connectivity index (χ2n) is 4.14. The highest BCUT2D eigenvalue weighted by atomic mass is 16.2. The third kappa shape index (κ3) is 3.63. The first-order valence-corrected chi connectivity index (χ1v) is 6.41. The Bertz CT molecular complexity index is 598. The van der Waals surface area contributed by atoms with Gasteiger partial charge in [-0.1, -0.05) is 0 Å². The number of hydrogen-bond acceptors (Lipinski definition) is 8. The van der Waals surface area contributed by atoms with Crippen LogP contribution in [0, 0.1) is 0 Å². The highest BCUT2D eigenvalue weighted by molar-refractivity contribution is 5.83. The molecule has 2 aromatic rings. The van der Waals surface area contributed by atoms with E-state index in [4.69, 9.17) is 5.84 Å². The van der Waals surface area contributed by atoms with Crippen molar-refractivity contribution in [3.05, 3.63) is 18.5 Å². The number of rotatable bonds is 6. The summed E-state index contributed by atoms with van der Waals surface area (Å²) in [6, 6.07) is 1.24. The second-order valence-corrected chi connectivity index (χ2v) is 4.14. The number of nitrogens with one attached hydrogen (secondary N) is 3. The normalized spacial score (nSPS) is 11.8. The Kier molecular flexibility index (Phi) is 4.61. The molecule has 0 radical (unpaired) electrons. The fourth-order valence-corrected chi connectivity index (χ4v) is 1.57. The Labute approximate surface area is 121 Å². The van der Waals surface area contributed by atoms with Gasteiger partial charge in [-0.2, -0.15) is 20.1 Å². The van der Waals surface area contributed by atoms with Crippen LogP contribution < -0.4 is 21.9 Å². The van der Waals surface area contributed by atoms with E-state index in [-0.39, 0.29) is 23.8 Å². The summed E-state index contributed by atoms with van der Waals surface area (Å²) in [7, 11) is 0. The second kappa shape index (κ2) is 6.61. The van der Waals surface area contributed by atoms with Gasteiger partial charge in [-0.15, -0.1) is 0 Å². The molecular weight excluding hydrogens is 274 g/mol. The summed E-state index contributed by atoms with van der Waals surface area (Å²) in [5, 5.41) is 9.63. The summed E-state index contributed by atoms with van der Waals surface area (Å²) in [4.78, 5) is 24.0. The summed E-state index contributed by atoms with van der Waals surface area (Å²) in [6.45, 7) is 4.11. The monoisotopic (exact) mass is 291 g/mol. The van der Waals surface area contributed by atoms with Crippen molar-refractivity contribution in [3.63, 3.8) is 0 Å². The van der Waals surface area contributed by atoms with Gasteiger partial charge in [0.05, 0.1) is 0 Å². The maximum Gasteiger partial charge on any atom is 0.257 e. The number of hydrazine groups is 1. The molecule has 0 spiro atoms. The number of anilines is 2. The van der Waals surface area contributed by atoms with Crippen molar-refractivity contribution in [1.29, 1.82) is 0 Å². The number of nitrogen functional groups attached to an aromatic ring is 1. The summed E-state index contributed by atoms with van der Waals surface area (Å²) >= 11 is 0. The van der Waals surface area contributed by atoms with E-state index in [0.29, 0.717) is 6.54 Å². The van der Waals surface area contributed by atoms with Crippen molar-refractivity contribution < 1.29 is 4.79 Å². The minimum absolute atomic E-state index is 0.152. The smallest absolute Gasteiger partial charge is 0.257 e. The quantitative estimate of drug-likeness (QED) is 0.404. The molecule has 2 aromatic heterocycles. The Morgan fingerprint density at radius 1 is 1.38 bits per heavy atom. The maximum absolute atomic E-state index is 11.7. The SMILES string of the molecule is CCNC(=O)C(C)Nc1nc(NN)nc(-n2cccn2)n1. The molecule has 112 valence electrons. The first-order chi connectivity index (χ1) is 10.1. The lowest BCUT2D eigenvalue weighted by Gasteiger charge is -2.14. The Balaban J connectivity index is 2.23. The van der Waals surface area contributed by atoms with E-state index in [9.17, 15) is 4.79 Å². The molecule has 0 aliphatic heterocycles. The molecule has 0 saturated heterocycles. The minimum atomic E-state index is -0.497. The third-order valence-electron chi connectivity index (χ3n) is 2.55. The minimum Gasteiger partial charge on any atom is -0.355 e. The largest absolute Gasteiger partial charge is 0.355 e. The molecular formula is C11H17N9O. The average Bonchev–Trinajstić information content (AvgIpc) is 3.01. The van der Waals surface area contributed by atoms with E-state index in [1.54, 1.807) is 25.4 Å². The first-order valence-electron chi connectivity index (χ1n) is 6.41. The van der Waals surface area contributed by atoms with E-state index >= 15 is 0 Å². The number of amides is 1. The number of likely N-dealkylation sites (N-methyl/N-ethyl adjacent to an activating group) is 1. The molecule has 1 unspecified atom stereocenters. The van der Waals surface area contributed by atoms with E-state index in [0.717, 1.165) is 0 Å². The predicted molar refractivity (Wildman–Crippen MR) is 76.5 cm³/mol. The number of nitrogens with zero attached hydrogens (tertiary/aromatic N) is 5. The summed E-state index contributed by atoms with van der Waals surface area (Å²) in [6.07, 6.45) is 3.29. The van der Waals surface area contributed by atoms with Crippen LogP contribution in [0.25, 0.3) is 5.95 Å². The van der Waals surface area contributed by atoms with Crippen LogP contribution in [0.3, 0.4) is 0 Å². The van der Waals surface area contributed by atoms with Gasteiger partial charge in [0.2, 0.25) is 17.8 Å². The Morgan fingerprint density at radius 2 is 2.14 bits per heavy atom. The molecule has 0 fully saturated rings. The van der Waals surface area contributed by atoms with E-state index in [2.05, 4.69) is 36.1 Å². The van der Waals surface area contributed by atoms with Crippen LogP contribution in [0.15, 0.2) is 18.5 Å². The lowest BCUT2D eigenvalue weighted by Crippen LogP contribution is -2.38. The van der Waals surface area contributed by atoms with Gasteiger partial charge in [0.1, 0.15) is 6.04 Å². The zero-order valence-electron chi connectivity index (χ0n) is 11.7. The van der Waals surface area contributed by atoms with Crippen LogP contribution in [0.5, 0.6) is 0 Å². The number of carbonyl (C=O) groups is 1. The van der Waals surface area contributed by atoms with Gasteiger partial charge >= 0.3 is 0 Å². The molecule has 2 rings (SSSR count). The zero-order chi connectivity index (χ0) is 15.2. The standard InChI is InChI=1S/C11H17N9O/c1-3-13-8(21)7(2)15-9-16-10(19-12)18-11(17-9)20-6-4-5-14-20/h4-7H,3,12H2,1-2H3,(H,13,21)(H2,15,16,17,18,19). The van der Waals surface area contributed by atoms with Gasteiger partial charge in [0.15, 0.2) is 0 Å². The highest BCUT2D eigenvalue weighted by Gasteiger charge is 2.15. The van der Waals surface area contributed by atoms with Crippen LogP contribution in [-0.2, 0) is 4.79 Å². The van der Waals surface area contributed by atoms with Gasteiger partial charge in [0.25, 0.3) is 5.95 Å². The predicted octanol–water partition coefficient (Wildman–Crippen LogP) is -0.721. The molecule has 1 atom stereocenters. The maximum atomic E-state index is 11.7. The molecule has 0 aromatic carbocycles. The molecule has 10 heteroatoms. The lowest BCUT2D eigenvalue weighted by atomic mass is 10.3. The molecule has 5 N–H and O–H groups in total. The van der Waals surface area contributed by atoms with Crippen LogP contribution in [-0.4, -0.2) is 43.2 Å². The van der Waals surface area contributed by atoms with Crippen molar-refractivity contribution >= 4 is 17.8 Å². The zero-order valence-corrected chi connectivity index (χ0v) is 11.7. The first kappa shape index (κ1) is 14.7. The van der Waals surface area contributed by atoms with Crippen molar-refractivity contribution in [2.75, 3.05) is 17.3 Å². The lowest BCUT2D eigenvalue weighted by molar-refractivity contribution is -0.121. The van der Waals surface area contributed by atoms with Crippen molar-refractivity contribution in [1.82, 2.24) is 30.0 Å². The average molecular weight is 291 g/mol. The van der Waals surface area contributed by atoms with Crippen LogP contribution in [0.2, 0.25) is 0 Å². The van der Waals surface area contributed by atoms with E-state index < -0.39 is 6.04 Å². The van der Waals surface area contributed by atoms with Crippen LogP contribution in [0.4, 0.5) is 11.9 Å². The number of carbonyl (C=O) groups excluding carboxylic acids is 1. The van der Waals surface area contributed by atoms with Gasteiger partial charge < -0.3 is 10.6 Å². The molecule has 2 heterocycles. The van der Waals surface area contributed by atoms with Crippen molar-refractivity contribution in [2.24, 2.45) is 5.84 Å². The molecule has 0 aliphatic carbocycles. The van der Waals surface area contributed by atoms with Gasteiger partial charge in [-0.05, 0) is 19.9 Å². The van der Waals surface area contributed by atoms with Crippen molar-refractivity contribution in [2.45, 2.75) is 19.9 Å². The molecule has 1 amide bonds.